The van der Waals surface area contributed by atoms with Crippen molar-refractivity contribution in [1.29, 1.82) is 0 Å². The van der Waals surface area contributed by atoms with Crippen LogP contribution >= 0.6 is 0 Å². The average molecular weight is 651 g/mol. The number of aromatic nitrogens is 2. The first kappa shape index (κ1) is 28.0. The molecule has 3 aromatic heterocycles. The Balaban J connectivity index is 1.22. The number of hydrogen-bond donors (Lipinski definition) is 0. The van der Waals surface area contributed by atoms with Crippen molar-refractivity contribution in [1.82, 2.24) is 9.13 Å². The molecular formula is C48H30N2O. The second kappa shape index (κ2) is 10.8. The van der Waals surface area contributed by atoms with E-state index in [1.54, 1.807) is 0 Å². The van der Waals surface area contributed by atoms with Crippen molar-refractivity contribution in [3.05, 3.63) is 182 Å². The number of nitrogens with zero attached hydrogens (tertiary/aromatic N) is 2. The standard InChI is InChI=1S/C48H30N2O/c1-3-14-31(15-4-1)35-28-29-43(48-47(35)39-20-9-12-25-45(39)51-48)50-40-22-10-7-18-36(40)37-27-26-32(30-44(37)50)34-21-13-24-42-46(34)38-19-8-11-23-41(38)49(42)33-16-5-2-6-17-33/h1-30H. The summed E-state index contributed by atoms with van der Waals surface area (Å²) in [5.41, 5.74) is 13.4. The van der Waals surface area contributed by atoms with Crippen LogP contribution in [-0.4, -0.2) is 9.13 Å². The van der Waals surface area contributed by atoms with Crippen LogP contribution in [-0.2, 0) is 0 Å². The van der Waals surface area contributed by atoms with Crippen molar-refractivity contribution >= 4 is 65.6 Å². The summed E-state index contributed by atoms with van der Waals surface area (Å²) in [6.07, 6.45) is 0. The van der Waals surface area contributed by atoms with Crippen LogP contribution in [0.1, 0.15) is 0 Å². The molecule has 0 aliphatic carbocycles. The van der Waals surface area contributed by atoms with Crippen molar-refractivity contribution in [2.45, 2.75) is 0 Å². The summed E-state index contributed by atoms with van der Waals surface area (Å²) in [4.78, 5) is 0. The maximum atomic E-state index is 6.81. The second-order valence-corrected chi connectivity index (χ2v) is 13.3. The molecule has 0 spiro atoms. The Morgan fingerprint density at radius 3 is 1.80 bits per heavy atom. The molecule has 0 saturated heterocycles. The molecule has 0 aliphatic rings. The third-order valence-corrected chi connectivity index (χ3v) is 10.5. The van der Waals surface area contributed by atoms with Crippen molar-refractivity contribution in [2.75, 3.05) is 0 Å². The molecule has 238 valence electrons. The molecule has 0 aliphatic heterocycles. The Labute approximate surface area is 293 Å². The minimum Gasteiger partial charge on any atom is -0.454 e. The topological polar surface area (TPSA) is 23.0 Å². The molecule has 0 saturated carbocycles. The lowest BCUT2D eigenvalue weighted by molar-refractivity contribution is 0.666. The van der Waals surface area contributed by atoms with Gasteiger partial charge in [0.2, 0.25) is 0 Å². The van der Waals surface area contributed by atoms with E-state index in [1.807, 2.05) is 0 Å². The molecular weight excluding hydrogens is 621 g/mol. The Morgan fingerprint density at radius 2 is 0.980 bits per heavy atom. The highest BCUT2D eigenvalue weighted by Crippen LogP contribution is 2.44. The van der Waals surface area contributed by atoms with E-state index in [-0.39, 0.29) is 0 Å². The van der Waals surface area contributed by atoms with E-state index < -0.39 is 0 Å². The molecule has 51 heavy (non-hydrogen) atoms. The second-order valence-electron chi connectivity index (χ2n) is 13.3. The number of benzene rings is 8. The number of furan rings is 1. The van der Waals surface area contributed by atoms with Gasteiger partial charge in [-0.25, -0.2) is 0 Å². The molecule has 0 atom stereocenters. The maximum Gasteiger partial charge on any atom is 0.160 e. The van der Waals surface area contributed by atoms with E-state index in [9.17, 15) is 0 Å². The van der Waals surface area contributed by atoms with E-state index in [0.29, 0.717) is 0 Å². The van der Waals surface area contributed by atoms with Gasteiger partial charge in [0.15, 0.2) is 5.58 Å². The van der Waals surface area contributed by atoms with Gasteiger partial charge in [0, 0.05) is 38.0 Å². The van der Waals surface area contributed by atoms with Crippen LogP contribution in [0.25, 0.3) is 99.2 Å². The van der Waals surface area contributed by atoms with Gasteiger partial charge in [0.25, 0.3) is 0 Å². The predicted octanol–water partition coefficient (Wildman–Crippen LogP) is 13.1. The zero-order valence-electron chi connectivity index (χ0n) is 27.6. The fourth-order valence-corrected chi connectivity index (χ4v) is 8.36. The maximum absolute atomic E-state index is 6.81. The minimum absolute atomic E-state index is 0.888. The van der Waals surface area contributed by atoms with Gasteiger partial charge in [0.1, 0.15) is 5.58 Å². The van der Waals surface area contributed by atoms with Gasteiger partial charge < -0.3 is 13.6 Å². The molecule has 0 fully saturated rings. The minimum atomic E-state index is 0.888. The zero-order chi connectivity index (χ0) is 33.5. The molecule has 0 bridgehead atoms. The van der Waals surface area contributed by atoms with Crippen LogP contribution < -0.4 is 0 Å². The fraction of sp³-hybridized carbons (Fsp3) is 0. The van der Waals surface area contributed by atoms with Gasteiger partial charge in [-0.05, 0) is 70.8 Å². The molecule has 3 heteroatoms. The van der Waals surface area contributed by atoms with E-state index in [1.165, 1.54) is 54.8 Å². The van der Waals surface area contributed by atoms with Gasteiger partial charge in [-0.2, -0.15) is 0 Å². The van der Waals surface area contributed by atoms with Gasteiger partial charge in [0.05, 0.1) is 27.8 Å². The largest absolute Gasteiger partial charge is 0.454 e. The van der Waals surface area contributed by atoms with Crippen molar-refractivity contribution in [3.63, 3.8) is 0 Å². The van der Waals surface area contributed by atoms with Crippen LogP contribution in [0.15, 0.2) is 186 Å². The number of hydrogen-bond acceptors (Lipinski definition) is 1. The smallest absolute Gasteiger partial charge is 0.160 e. The molecule has 0 N–H and O–H groups in total. The first-order valence-corrected chi connectivity index (χ1v) is 17.4. The number of para-hydroxylation sites is 4. The Bertz CT molecular complexity index is 3130. The lowest BCUT2D eigenvalue weighted by atomic mass is 9.98. The Morgan fingerprint density at radius 1 is 0.353 bits per heavy atom. The Hall–Kier alpha value is -6.84. The molecule has 3 nitrogen and oxygen atoms in total. The quantitative estimate of drug-likeness (QED) is 0.186. The van der Waals surface area contributed by atoms with Gasteiger partial charge in [-0.15, -0.1) is 0 Å². The number of fused-ring (bicyclic) bond motifs is 9. The highest BCUT2D eigenvalue weighted by Gasteiger charge is 2.22. The molecule has 0 unspecified atom stereocenters. The molecule has 0 radical (unpaired) electrons. The van der Waals surface area contributed by atoms with E-state index in [4.69, 9.17) is 4.42 Å². The molecule has 11 rings (SSSR count). The third-order valence-electron chi connectivity index (χ3n) is 10.5. The van der Waals surface area contributed by atoms with Crippen LogP contribution in [0.3, 0.4) is 0 Å². The highest BCUT2D eigenvalue weighted by molar-refractivity contribution is 6.19. The van der Waals surface area contributed by atoms with E-state index >= 15 is 0 Å². The third kappa shape index (κ3) is 4.06. The van der Waals surface area contributed by atoms with Crippen LogP contribution in [0.2, 0.25) is 0 Å². The summed E-state index contributed by atoms with van der Waals surface area (Å²) in [6.45, 7) is 0. The SMILES string of the molecule is c1ccc(-c2ccc(-n3c4ccccc4c4ccc(-c5cccc6c5c5ccccc5n6-c5ccccc5)cc43)c3oc4ccccc4c23)cc1. The van der Waals surface area contributed by atoms with Crippen molar-refractivity contribution in [2.24, 2.45) is 0 Å². The summed E-state index contributed by atoms with van der Waals surface area (Å²) in [5.74, 6) is 0. The van der Waals surface area contributed by atoms with Gasteiger partial charge >= 0.3 is 0 Å². The Kier molecular flexibility index (Phi) is 5.96. The van der Waals surface area contributed by atoms with E-state index in [0.717, 1.165) is 44.3 Å². The molecule has 8 aromatic carbocycles. The van der Waals surface area contributed by atoms with Crippen LogP contribution in [0.4, 0.5) is 0 Å². The summed E-state index contributed by atoms with van der Waals surface area (Å²) in [5, 5.41) is 7.18. The monoisotopic (exact) mass is 650 g/mol. The first-order valence-electron chi connectivity index (χ1n) is 17.4. The predicted molar refractivity (Wildman–Crippen MR) is 213 cm³/mol. The average Bonchev–Trinajstić information content (AvgIpc) is 3.86. The van der Waals surface area contributed by atoms with Crippen molar-refractivity contribution < 1.29 is 4.42 Å². The van der Waals surface area contributed by atoms with Crippen LogP contribution in [0.5, 0.6) is 0 Å². The molecule has 0 amide bonds. The van der Waals surface area contributed by atoms with Gasteiger partial charge in [-0.3, -0.25) is 0 Å². The number of rotatable bonds is 4. The van der Waals surface area contributed by atoms with Gasteiger partial charge in [-0.1, -0.05) is 133 Å². The zero-order valence-corrected chi connectivity index (χ0v) is 27.6. The highest BCUT2D eigenvalue weighted by atomic mass is 16.3. The summed E-state index contributed by atoms with van der Waals surface area (Å²) < 4.78 is 11.6. The fourth-order valence-electron chi connectivity index (χ4n) is 8.36. The van der Waals surface area contributed by atoms with Crippen LogP contribution in [0, 0.1) is 0 Å². The van der Waals surface area contributed by atoms with E-state index in [2.05, 4.69) is 191 Å². The lowest BCUT2D eigenvalue weighted by Crippen LogP contribution is -1.96. The summed E-state index contributed by atoms with van der Waals surface area (Å²) >= 11 is 0. The van der Waals surface area contributed by atoms with Crippen molar-refractivity contribution in [3.8, 4) is 33.6 Å². The normalized spacial score (nSPS) is 11.9. The summed E-state index contributed by atoms with van der Waals surface area (Å²) in [7, 11) is 0. The summed E-state index contributed by atoms with van der Waals surface area (Å²) in [6, 6.07) is 65.3. The lowest BCUT2D eigenvalue weighted by Gasteiger charge is -2.13. The molecule has 3 heterocycles. The molecule has 11 aromatic rings. The first-order chi connectivity index (χ1) is 25.3.